The zero-order chi connectivity index (χ0) is 43.1. The van der Waals surface area contributed by atoms with E-state index in [0.717, 1.165) is 89.6 Å². The minimum atomic E-state index is 0.660. The zero-order valence-corrected chi connectivity index (χ0v) is 35.4. The van der Waals surface area contributed by atoms with Crippen molar-refractivity contribution in [2.75, 3.05) is 0 Å². The lowest BCUT2D eigenvalue weighted by molar-refractivity contribution is 1.10. The molecule has 0 aliphatic heterocycles. The average Bonchev–Trinajstić information content (AvgIpc) is 3.79. The number of benzene rings is 10. The first-order chi connectivity index (χ1) is 32.2. The van der Waals surface area contributed by atoms with Crippen molar-refractivity contribution in [1.29, 1.82) is 0 Å². The van der Waals surface area contributed by atoms with E-state index in [-0.39, 0.29) is 0 Å². The molecule has 2 aromatic heterocycles. The lowest BCUT2D eigenvalue weighted by Crippen LogP contribution is -1.98. The second kappa shape index (κ2) is 16.2. The van der Waals surface area contributed by atoms with E-state index in [0.29, 0.717) is 5.82 Å². The Bertz CT molecular complexity index is 3690. The monoisotopic (exact) mass is 828 g/mol. The highest BCUT2D eigenvalue weighted by Crippen LogP contribution is 2.40. The van der Waals surface area contributed by atoms with E-state index in [9.17, 15) is 0 Å². The van der Waals surface area contributed by atoms with Crippen molar-refractivity contribution in [2.45, 2.75) is 0 Å². The molecule has 0 saturated carbocycles. The Morgan fingerprint density at radius 2 is 0.831 bits per heavy atom. The quantitative estimate of drug-likeness (QED) is 0.143. The SMILES string of the molecule is c1ccc(-c2cccc(-c3cc(-c4ccccc4)nc(-c4cc(-c5ccc(-c6nc7ccccc7n6-c6ccccc6)cc5)cc(-c5cc6ccccc6c6ccccc56)c4)n3)c2)cc1. The topological polar surface area (TPSA) is 43.6 Å². The van der Waals surface area contributed by atoms with E-state index < -0.39 is 0 Å². The van der Waals surface area contributed by atoms with Gasteiger partial charge >= 0.3 is 0 Å². The van der Waals surface area contributed by atoms with Gasteiger partial charge in [0.05, 0.1) is 22.4 Å². The predicted octanol–water partition coefficient (Wildman–Crippen LogP) is 15.8. The molecule has 0 unspecified atom stereocenters. The maximum atomic E-state index is 5.41. The van der Waals surface area contributed by atoms with E-state index in [1.54, 1.807) is 0 Å². The summed E-state index contributed by atoms with van der Waals surface area (Å²) in [7, 11) is 0. The van der Waals surface area contributed by atoms with Crippen LogP contribution in [0.3, 0.4) is 0 Å². The first kappa shape index (κ1) is 38.0. The van der Waals surface area contributed by atoms with Crippen molar-refractivity contribution >= 4 is 32.6 Å². The van der Waals surface area contributed by atoms with E-state index in [1.165, 1.54) is 21.5 Å². The maximum Gasteiger partial charge on any atom is 0.160 e. The standard InChI is InChI=1S/C61H40N4/c1-4-17-41(18-5-1)45-22-16-23-47(35-45)58-40-57(43-19-6-2-7-20-43)62-60(63-58)50-37-48(36-49(38-50)55-39-46-21-10-11-26-52(46)53-27-12-13-28-54(53)55)42-31-33-44(34-32-42)61-64-56-29-14-15-30-59(56)65(61)51-24-8-3-9-25-51/h1-40H. The van der Waals surface area contributed by atoms with Gasteiger partial charge in [0.2, 0.25) is 0 Å². The van der Waals surface area contributed by atoms with Gasteiger partial charge in [-0.05, 0) is 116 Å². The molecule has 0 aliphatic carbocycles. The number of rotatable bonds is 8. The fraction of sp³-hybridized carbons (Fsp3) is 0. The smallest absolute Gasteiger partial charge is 0.160 e. The highest BCUT2D eigenvalue weighted by atomic mass is 15.1. The lowest BCUT2D eigenvalue weighted by Gasteiger charge is -2.16. The van der Waals surface area contributed by atoms with Crippen molar-refractivity contribution in [2.24, 2.45) is 0 Å². The Labute approximate surface area is 377 Å². The largest absolute Gasteiger partial charge is 0.292 e. The van der Waals surface area contributed by atoms with Crippen molar-refractivity contribution in [1.82, 2.24) is 19.5 Å². The van der Waals surface area contributed by atoms with Crippen LogP contribution in [-0.2, 0) is 0 Å². The Kier molecular flexibility index (Phi) is 9.46. The third-order valence-electron chi connectivity index (χ3n) is 12.4. The molecule has 0 radical (unpaired) electrons. The lowest BCUT2D eigenvalue weighted by atomic mass is 9.90. The summed E-state index contributed by atoms with van der Waals surface area (Å²) in [5, 5.41) is 4.85. The van der Waals surface area contributed by atoms with Crippen LogP contribution in [0.1, 0.15) is 0 Å². The molecule has 304 valence electrons. The van der Waals surface area contributed by atoms with Crippen LogP contribution in [0.4, 0.5) is 0 Å². The maximum absolute atomic E-state index is 5.41. The van der Waals surface area contributed by atoms with Crippen LogP contribution in [0.5, 0.6) is 0 Å². The summed E-state index contributed by atoms with van der Waals surface area (Å²) in [6.45, 7) is 0. The molecular formula is C61H40N4. The van der Waals surface area contributed by atoms with Gasteiger partial charge in [-0.2, -0.15) is 0 Å². The van der Waals surface area contributed by atoms with Gasteiger partial charge in [-0.25, -0.2) is 15.0 Å². The van der Waals surface area contributed by atoms with Crippen LogP contribution >= 0.6 is 0 Å². The molecule has 12 aromatic rings. The minimum Gasteiger partial charge on any atom is -0.292 e. The summed E-state index contributed by atoms with van der Waals surface area (Å²) in [6, 6.07) is 85.9. The van der Waals surface area contributed by atoms with Crippen LogP contribution in [0.2, 0.25) is 0 Å². The zero-order valence-electron chi connectivity index (χ0n) is 35.4. The molecule has 0 atom stereocenters. The van der Waals surface area contributed by atoms with Gasteiger partial charge in [0.25, 0.3) is 0 Å². The second-order valence-electron chi connectivity index (χ2n) is 16.4. The molecule has 0 amide bonds. The molecule has 12 rings (SSSR count). The Balaban J connectivity index is 1.06. The van der Waals surface area contributed by atoms with Gasteiger partial charge in [0, 0.05) is 27.9 Å². The van der Waals surface area contributed by atoms with Crippen molar-refractivity contribution < 1.29 is 0 Å². The number of fused-ring (bicyclic) bond motifs is 4. The molecule has 10 aromatic carbocycles. The number of para-hydroxylation sites is 3. The fourth-order valence-corrected chi connectivity index (χ4v) is 9.21. The van der Waals surface area contributed by atoms with Crippen LogP contribution in [0.25, 0.3) is 117 Å². The molecule has 0 aliphatic rings. The van der Waals surface area contributed by atoms with Gasteiger partial charge < -0.3 is 0 Å². The summed E-state index contributed by atoms with van der Waals surface area (Å²) < 4.78 is 2.25. The Hall–Kier alpha value is -8.73. The van der Waals surface area contributed by atoms with Crippen LogP contribution in [-0.4, -0.2) is 19.5 Å². The first-order valence-electron chi connectivity index (χ1n) is 22.0. The Morgan fingerprint density at radius 3 is 1.62 bits per heavy atom. The van der Waals surface area contributed by atoms with E-state index >= 15 is 0 Å². The van der Waals surface area contributed by atoms with Gasteiger partial charge in [-0.15, -0.1) is 0 Å². The first-order valence-corrected chi connectivity index (χ1v) is 22.0. The molecule has 0 fully saturated rings. The molecule has 0 N–H and O–H groups in total. The molecule has 2 heterocycles. The fourth-order valence-electron chi connectivity index (χ4n) is 9.21. The molecule has 0 bridgehead atoms. The summed E-state index contributed by atoms with van der Waals surface area (Å²) in [6.07, 6.45) is 0. The molecule has 65 heavy (non-hydrogen) atoms. The van der Waals surface area contributed by atoms with Gasteiger partial charge in [-0.3, -0.25) is 4.57 Å². The van der Waals surface area contributed by atoms with Crippen molar-refractivity contribution in [3.63, 3.8) is 0 Å². The highest BCUT2D eigenvalue weighted by molar-refractivity contribution is 6.14. The van der Waals surface area contributed by atoms with Crippen molar-refractivity contribution in [3.05, 3.63) is 243 Å². The predicted molar refractivity (Wildman–Crippen MR) is 270 cm³/mol. The summed E-state index contributed by atoms with van der Waals surface area (Å²) in [5.41, 5.74) is 15.6. The van der Waals surface area contributed by atoms with Crippen molar-refractivity contribution in [3.8, 4) is 84.4 Å². The number of hydrogen-bond donors (Lipinski definition) is 0. The average molecular weight is 829 g/mol. The third-order valence-corrected chi connectivity index (χ3v) is 12.4. The molecule has 0 spiro atoms. The number of aromatic nitrogens is 4. The molecular weight excluding hydrogens is 789 g/mol. The normalized spacial score (nSPS) is 11.4. The minimum absolute atomic E-state index is 0.660. The number of nitrogens with zero attached hydrogens (tertiary/aromatic N) is 4. The number of hydrogen-bond acceptors (Lipinski definition) is 3. The summed E-state index contributed by atoms with van der Waals surface area (Å²) >= 11 is 0. The van der Waals surface area contributed by atoms with E-state index in [2.05, 4.69) is 229 Å². The second-order valence-corrected chi connectivity index (χ2v) is 16.4. The molecule has 4 heteroatoms. The van der Waals surface area contributed by atoms with Crippen LogP contribution in [0, 0.1) is 0 Å². The Morgan fingerprint density at radius 1 is 0.292 bits per heavy atom. The summed E-state index contributed by atoms with van der Waals surface area (Å²) in [5.74, 6) is 1.56. The molecule has 0 saturated heterocycles. The molecule has 4 nitrogen and oxygen atoms in total. The third kappa shape index (κ3) is 7.13. The highest BCUT2D eigenvalue weighted by Gasteiger charge is 2.18. The van der Waals surface area contributed by atoms with Gasteiger partial charge in [0.15, 0.2) is 5.82 Å². The van der Waals surface area contributed by atoms with Crippen LogP contribution in [0.15, 0.2) is 243 Å². The summed E-state index contributed by atoms with van der Waals surface area (Å²) in [4.78, 5) is 15.9. The number of imidazole rings is 1. The van der Waals surface area contributed by atoms with E-state index in [4.69, 9.17) is 15.0 Å². The van der Waals surface area contributed by atoms with Gasteiger partial charge in [-0.1, -0.05) is 182 Å². The van der Waals surface area contributed by atoms with E-state index in [1.807, 2.05) is 18.2 Å². The van der Waals surface area contributed by atoms with Crippen LogP contribution < -0.4 is 0 Å². The van der Waals surface area contributed by atoms with Gasteiger partial charge in [0.1, 0.15) is 5.82 Å².